The van der Waals surface area contributed by atoms with Crippen LogP contribution in [0.1, 0.15) is 27.7 Å². The molecule has 0 aromatic carbocycles. The summed E-state index contributed by atoms with van der Waals surface area (Å²) in [5, 5.41) is 8.56. The molecular weight excluding hydrogens is 198 g/mol. The van der Waals surface area contributed by atoms with Gasteiger partial charge in [0, 0.05) is 6.54 Å². The first-order valence-electron chi connectivity index (χ1n) is 5.27. The molecule has 1 fully saturated rings. The van der Waals surface area contributed by atoms with Crippen LogP contribution in [0.2, 0.25) is 0 Å². The lowest BCUT2D eigenvalue weighted by Crippen LogP contribution is -2.49. The molecule has 0 spiro atoms. The predicted octanol–water partition coefficient (Wildman–Crippen LogP) is 0.981. The molecule has 5 nitrogen and oxygen atoms in total. The Morgan fingerprint density at radius 1 is 1.40 bits per heavy atom. The molecule has 0 aliphatic carbocycles. The minimum Gasteiger partial charge on any atom is -0.480 e. The van der Waals surface area contributed by atoms with Gasteiger partial charge >= 0.3 is 5.97 Å². The molecule has 15 heavy (non-hydrogen) atoms. The molecule has 5 heteroatoms. The predicted molar refractivity (Wildman–Crippen MR) is 57.7 cm³/mol. The van der Waals surface area contributed by atoms with Crippen LogP contribution in [0, 0.1) is 0 Å². The van der Waals surface area contributed by atoms with Gasteiger partial charge in [-0.25, -0.2) is 4.79 Å². The van der Waals surface area contributed by atoms with Crippen LogP contribution in [-0.4, -0.2) is 48.2 Å². The van der Waals surface area contributed by atoms with E-state index in [-0.39, 0.29) is 6.61 Å². The number of morpholine rings is 1. The Morgan fingerprint density at radius 3 is 2.27 bits per heavy atom. The average molecular weight is 219 g/mol. The average Bonchev–Trinajstić information content (AvgIpc) is 2.34. The van der Waals surface area contributed by atoms with E-state index in [0.29, 0.717) is 19.6 Å². The number of nitrogens with zero attached hydrogens (tertiary/aromatic N) is 1. The van der Waals surface area contributed by atoms with Gasteiger partial charge in [0.1, 0.15) is 0 Å². The molecule has 1 heterocycles. The summed E-state index contributed by atoms with van der Waals surface area (Å²) in [6.45, 7) is 8.87. The van der Waals surface area contributed by atoms with Crippen molar-refractivity contribution in [1.29, 1.82) is 0 Å². The van der Waals surface area contributed by atoms with Gasteiger partial charge in [-0.15, -0.1) is 0 Å². The van der Waals surface area contributed by atoms with Crippen molar-refractivity contribution in [2.45, 2.75) is 33.7 Å². The van der Waals surface area contributed by atoms with Crippen molar-refractivity contribution in [1.82, 2.24) is 4.90 Å². The summed E-state index contributed by atoms with van der Waals surface area (Å²) >= 11 is 0. The Hall–Kier alpha value is -1.10. The summed E-state index contributed by atoms with van der Waals surface area (Å²) in [6, 6.07) is -0.804. The van der Waals surface area contributed by atoms with Gasteiger partial charge in [-0.1, -0.05) is 27.7 Å². The summed E-state index contributed by atoms with van der Waals surface area (Å²) in [6.07, 6.45) is 0.543. The zero-order chi connectivity index (χ0) is 12.3. The Balaban J connectivity index is 0. The number of carbonyl (C=O) groups excluding carboxylic acids is 1. The summed E-state index contributed by atoms with van der Waals surface area (Å²) in [5.41, 5.74) is 0. The second kappa shape index (κ2) is 11.0. The lowest BCUT2D eigenvalue weighted by molar-refractivity contribution is -0.153. The van der Waals surface area contributed by atoms with Gasteiger partial charge in [0.25, 0.3) is 0 Å². The molecule has 1 N–H and O–H groups in total. The van der Waals surface area contributed by atoms with Crippen LogP contribution >= 0.6 is 0 Å². The Kier molecular flexibility index (Phi) is 12.0. The summed E-state index contributed by atoms with van der Waals surface area (Å²) in [4.78, 5) is 22.0. The van der Waals surface area contributed by atoms with Gasteiger partial charge in [0.2, 0.25) is 6.41 Å². The number of carboxylic acids is 1. The first-order valence-corrected chi connectivity index (χ1v) is 5.27. The normalized spacial score (nSPS) is 18.9. The van der Waals surface area contributed by atoms with E-state index in [1.807, 2.05) is 27.7 Å². The van der Waals surface area contributed by atoms with Gasteiger partial charge < -0.3 is 14.7 Å². The fourth-order valence-corrected chi connectivity index (χ4v) is 0.956. The van der Waals surface area contributed by atoms with Gasteiger partial charge in [0.15, 0.2) is 6.04 Å². The monoisotopic (exact) mass is 219 g/mol. The highest BCUT2D eigenvalue weighted by Gasteiger charge is 2.27. The van der Waals surface area contributed by atoms with Crippen molar-refractivity contribution < 1.29 is 19.4 Å². The Bertz CT molecular complexity index is 173. The Labute approximate surface area is 91.0 Å². The molecule has 1 saturated heterocycles. The molecule has 0 saturated carbocycles. The maximum absolute atomic E-state index is 10.4. The van der Waals surface area contributed by atoms with Crippen molar-refractivity contribution in [2.24, 2.45) is 0 Å². The maximum atomic E-state index is 10.4. The molecule has 1 aliphatic rings. The zero-order valence-electron chi connectivity index (χ0n) is 9.90. The van der Waals surface area contributed by atoms with Crippen LogP contribution in [0.25, 0.3) is 0 Å². The SMILES string of the molecule is CC.CC.O=CN1CCOCC1C(=O)O. The van der Waals surface area contributed by atoms with Crippen molar-refractivity contribution in [3.05, 3.63) is 0 Å². The third-order valence-corrected chi connectivity index (χ3v) is 1.59. The molecule has 0 radical (unpaired) electrons. The van der Waals surface area contributed by atoms with Crippen molar-refractivity contribution in [3.63, 3.8) is 0 Å². The molecular formula is C10H21NO4. The molecule has 1 rings (SSSR count). The number of hydrogen-bond acceptors (Lipinski definition) is 3. The first kappa shape index (κ1) is 16.3. The van der Waals surface area contributed by atoms with Crippen LogP contribution in [-0.2, 0) is 14.3 Å². The van der Waals surface area contributed by atoms with Crippen molar-refractivity contribution in [2.75, 3.05) is 19.8 Å². The molecule has 1 amide bonds. The standard InChI is InChI=1S/C6H9NO4.2C2H6/c8-4-7-1-2-11-3-5(7)6(9)10;2*1-2/h4-5H,1-3H2,(H,9,10);2*1-2H3. The fraction of sp³-hybridized carbons (Fsp3) is 0.800. The summed E-state index contributed by atoms with van der Waals surface area (Å²) in [7, 11) is 0. The highest BCUT2D eigenvalue weighted by atomic mass is 16.5. The highest BCUT2D eigenvalue weighted by Crippen LogP contribution is 2.03. The van der Waals surface area contributed by atoms with Crippen LogP contribution in [0.15, 0.2) is 0 Å². The molecule has 0 aromatic heterocycles. The zero-order valence-corrected chi connectivity index (χ0v) is 9.90. The van der Waals surface area contributed by atoms with E-state index >= 15 is 0 Å². The van der Waals surface area contributed by atoms with E-state index in [1.54, 1.807) is 0 Å². The number of amides is 1. The number of carboxylic acid groups (broad SMARTS) is 1. The molecule has 1 aliphatic heterocycles. The van der Waals surface area contributed by atoms with Crippen LogP contribution in [0.4, 0.5) is 0 Å². The highest BCUT2D eigenvalue weighted by molar-refractivity contribution is 5.76. The van der Waals surface area contributed by atoms with Crippen LogP contribution in [0.3, 0.4) is 0 Å². The van der Waals surface area contributed by atoms with E-state index in [1.165, 1.54) is 4.90 Å². The van der Waals surface area contributed by atoms with E-state index in [2.05, 4.69) is 0 Å². The van der Waals surface area contributed by atoms with Gasteiger partial charge in [-0.3, -0.25) is 4.79 Å². The second-order valence-electron chi connectivity index (χ2n) is 2.27. The quantitative estimate of drug-likeness (QED) is 0.703. The van der Waals surface area contributed by atoms with E-state index < -0.39 is 12.0 Å². The first-order chi connectivity index (χ1) is 7.25. The second-order valence-corrected chi connectivity index (χ2v) is 2.27. The minimum atomic E-state index is -1.02. The lowest BCUT2D eigenvalue weighted by Gasteiger charge is -2.29. The van der Waals surface area contributed by atoms with Crippen molar-refractivity contribution in [3.8, 4) is 0 Å². The van der Waals surface area contributed by atoms with E-state index in [0.717, 1.165) is 0 Å². The topological polar surface area (TPSA) is 66.8 Å². The molecule has 1 atom stereocenters. The van der Waals surface area contributed by atoms with Crippen molar-refractivity contribution >= 4 is 12.4 Å². The largest absolute Gasteiger partial charge is 0.480 e. The Morgan fingerprint density at radius 2 is 1.93 bits per heavy atom. The minimum absolute atomic E-state index is 0.0913. The lowest BCUT2D eigenvalue weighted by atomic mass is 10.2. The molecule has 90 valence electrons. The fourth-order valence-electron chi connectivity index (χ4n) is 0.956. The molecule has 0 bridgehead atoms. The van der Waals surface area contributed by atoms with Crippen LogP contribution < -0.4 is 0 Å². The third-order valence-electron chi connectivity index (χ3n) is 1.59. The number of aliphatic carboxylic acids is 1. The number of ether oxygens (including phenoxy) is 1. The maximum Gasteiger partial charge on any atom is 0.328 e. The number of hydrogen-bond donors (Lipinski definition) is 1. The van der Waals surface area contributed by atoms with Crippen LogP contribution in [0.5, 0.6) is 0 Å². The van der Waals surface area contributed by atoms with Gasteiger partial charge in [-0.2, -0.15) is 0 Å². The smallest absolute Gasteiger partial charge is 0.328 e. The van der Waals surface area contributed by atoms with Gasteiger partial charge in [-0.05, 0) is 0 Å². The summed E-state index contributed by atoms with van der Waals surface area (Å²) < 4.78 is 4.89. The van der Waals surface area contributed by atoms with E-state index in [9.17, 15) is 9.59 Å². The summed E-state index contributed by atoms with van der Waals surface area (Å²) in [5.74, 6) is -1.02. The molecule has 1 unspecified atom stereocenters. The molecule has 0 aromatic rings. The van der Waals surface area contributed by atoms with Gasteiger partial charge in [0.05, 0.1) is 13.2 Å². The van der Waals surface area contributed by atoms with E-state index in [4.69, 9.17) is 9.84 Å². The third kappa shape index (κ3) is 6.06. The number of rotatable bonds is 2. The number of carbonyl (C=O) groups is 2.